The summed E-state index contributed by atoms with van der Waals surface area (Å²) in [6, 6.07) is 12.8. The van der Waals surface area contributed by atoms with Gasteiger partial charge in [-0.1, -0.05) is 24.3 Å². The van der Waals surface area contributed by atoms with Crippen LogP contribution in [0.25, 0.3) is 10.9 Å². The van der Waals surface area contributed by atoms with Crippen molar-refractivity contribution in [3.05, 3.63) is 58.4 Å². The number of rotatable bonds is 4. The number of hydrogen-bond donors (Lipinski definition) is 1. The van der Waals surface area contributed by atoms with E-state index in [4.69, 9.17) is 0 Å². The number of carbonyl (C=O) groups is 1. The second kappa shape index (κ2) is 6.20. The zero-order chi connectivity index (χ0) is 15.6. The molecular formula is C19H20N2OS. The summed E-state index contributed by atoms with van der Waals surface area (Å²) in [7, 11) is 0. The Bertz CT molecular complexity index is 806. The lowest BCUT2D eigenvalue weighted by molar-refractivity contribution is -0.132. The van der Waals surface area contributed by atoms with Crippen molar-refractivity contribution in [3.63, 3.8) is 0 Å². The standard InChI is InChI=1S/C19H20N2OS/c22-19(21-11-3-7-17(21)18-8-4-12-23-18)10-9-14-13-20-16-6-2-1-5-15(14)16/h1-2,4-6,8,12-13,17,20H,3,7,9-11H2/t17-/m1/s1. The molecular weight excluding hydrogens is 304 g/mol. The fraction of sp³-hybridized carbons (Fsp3) is 0.316. The molecule has 1 saturated heterocycles. The summed E-state index contributed by atoms with van der Waals surface area (Å²) >= 11 is 1.76. The minimum Gasteiger partial charge on any atom is -0.361 e. The number of hydrogen-bond acceptors (Lipinski definition) is 2. The monoisotopic (exact) mass is 324 g/mol. The van der Waals surface area contributed by atoms with Crippen molar-refractivity contribution in [1.29, 1.82) is 0 Å². The molecule has 2 aromatic heterocycles. The van der Waals surface area contributed by atoms with Crippen LogP contribution in [0.1, 0.15) is 35.7 Å². The number of H-pyrrole nitrogens is 1. The van der Waals surface area contributed by atoms with E-state index in [1.807, 2.05) is 12.3 Å². The van der Waals surface area contributed by atoms with E-state index in [0.29, 0.717) is 12.5 Å². The van der Waals surface area contributed by atoms with E-state index in [0.717, 1.165) is 31.3 Å². The van der Waals surface area contributed by atoms with Gasteiger partial charge in [-0.25, -0.2) is 0 Å². The lowest BCUT2D eigenvalue weighted by atomic mass is 10.1. The van der Waals surface area contributed by atoms with Crippen molar-refractivity contribution in [2.24, 2.45) is 0 Å². The van der Waals surface area contributed by atoms with Gasteiger partial charge in [0.05, 0.1) is 6.04 Å². The van der Waals surface area contributed by atoms with Gasteiger partial charge in [-0.3, -0.25) is 4.79 Å². The predicted octanol–water partition coefficient (Wildman–Crippen LogP) is 4.53. The van der Waals surface area contributed by atoms with Gasteiger partial charge in [-0.2, -0.15) is 0 Å². The van der Waals surface area contributed by atoms with Crippen LogP contribution in [0.2, 0.25) is 0 Å². The highest BCUT2D eigenvalue weighted by molar-refractivity contribution is 7.10. The summed E-state index contributed by atoms with van der Waals surface area (Å²) in [4.78, 5) is 19.4. The minimum atomic E-state index is 0.284. The minimum absolute atomic E-state index is 0.284. The average Bonchev–Trinajstić information content (AvgIpc) is 3.31. The fourth-order valence-corrected chi connectivity index (χ4v) is 4.44. The summed E-state index contributed by atoms with van der Waals surface area (Å²) in [5.74, 6) is 0.284. The van der Waals surface area contributed by atoms with Gasteiger partial charge < -0.3 is 9.88 Å². The van der Waals surface area contributed by atoms with E-state index < -0.39 is 0 Å². The van der Waals surface area contributed by atoms with E-state index in [2.05, 4.69) is 45.6 Å². The van der Waals surface area contributed by atoms with E-state index >= 15 is 0 Å². The maximum absolute atomic E-state index is 12.7. The van der Waals surface area contributed by atoms with Crippen molar-refractivity contribution >= 4 is 28.1 Å². The first-order valence-corrected chi connectivity index (χ1v) is 9.09. The Kier molecular flexibility index (Phi) is 3.92. The van der Waals surface area contributed by atoms with Crippen LogP contribution in [0.15, 0.2) is 48.0 Å². The lowest BCUT2D eigenvalue weighted by Crippen LogP contribution is -2.30. The number of nitrogens with one attached hydrogen (secondary N) is 1. The number of aromatic amines is 1. The van der Waals surface area contributed by atoms with Crippen LogP contribution in [0.4, 0.5) is 0 Å². The molecule has 3 nitrogen and oxygen atoms in total. The van der Waals surface area contributed by atoms with Crippen molar-refractivity contribution in [2.45, 2.75) is 31.7 Å². The Labute approximate surface area is 139 Å². The largest absolute Gasteiger partial charge is 0.361 e. The number of amides is 1. The SMILES string of the molecule is O=C(CCc1c[nH]c2ccccc12)N1CCC[C@@H]1c1cccs1. The van der Waals surface area contributed by atoms with E-state index in [9.17, 15) is 4.79 Å². The van der Waals surface area contributed by atoms with Gasteiger partial charge in [0, 0.05) is 34.9 Å². The molecule has 118 valence electrons. The Morgan fingerprint density at radius 3 is 3.04 bits per heavy atom. The number of para-hydroxylation sites is 1. The molecule has 0 spiro atoms. The number of thiophene rings is 1. The van der Waals surface area contributed by atoms with Crippen LogP contribution in [0.3, 0.4) is 0 Å². The van der Waals surface area contributed by atoms with Crippen LogP contribution in [0, 0.1) is 0 Å². The van der Waals surface area contributed by atoms with Crippen LogP contribution in [-0.4, -0.2) is 22.3 Å². The van der Waals surface area contributed by atoms with Crippen molar-refractivity contribution in [3.8, 4) is 0 Å². The summed E-state index contributed by atoms with van der Waals surface area (Å²) in [6.07, 6.45) is 5.64. The lowest BCUT2D eigenvalue weighted by Gasteiger charge is -2.24. The molecule has 0 unspecified atom stereocenters. The van der Waals surface area contributed by atoms with Gasteiger partial charge >= 0.3 is 0 Å². The molecule has 1 amide bonds. The van der Waals surface area contributed by atoms with Crippen LogP contribution >= 0.6 is 11.3 Å². The van der Waals surface area contributed by atoms with Gasteiger partial charge in [0.1, 0.15) is 0 Å². The highest BCUT2D eigenvalue weighted by atomic mass is 32.1. The zero-order valence-electron chi connectivity index (χ0n) is 13.0. The molecule has 0 bridgehead atoms. The highest BCUT2D eigenvalue weighted by Gasteiger charge is 2.30. The molecule has 4 rings (SSSR count). The molecule has 3 heterocycles. The van der Waals surface area contributed by atoms with Gasteiger partial charge in [-0.05, 0) is 42.3 Å². The van der Waals surface area contributed by atoms with E-state index in [-0.39, 0.29) is 5.91 Å². The molecule has 1 aliphatic rings. The number of likely N-dealkylation sites (tertiary alicyclic amines) is 1. The van der Waals surface area contributed by atoms with Crippen molar-refractivity contribution < 1.29 is 4.79 Å². The highest BCUT2D eigenvalue weighted by Crippen LogP contribution is 2.35. The molecule has 1 aromatic carbocycles. The first kappa shape index (κ1) is 14.5. The normalized spacial score (nSPS) is 17.9. The smallest absolute Gasteiger partial charge is 0.223 e. The molecule has 23 heavy (non-hydrogen) atoms. The molecule has 1 atom stereocenters. The molecule has 0 saturated carbocycles. The summed E-state index contributed by atoms with van der Waals surface area (Å²) in [5, 5.41) is 3.33. The summed E-state index contributed by atoms with van der Waals surface area (Å²) in [5.41, 5.74) is 2.38. The average molecular weight is 324 g/mol. The molecule has 4 heteroatoms. The Morgan fingerprint density at radius 2 is 2.17 bits per heavy atom. The maximum Gasteiger partial charge on any atom is 0.223 e. The van der Waals surface area contributed by atoms with Crippen LogP contribution in [0.5, 0.6) is 0 Å². The molecule has 3 aromatic rings. The first-order valence-electron chi connectivity index (χ1n) is 8.21. The molecule has 1 aliphatic heterocycles. The maximum atomic E-state index is 12.7. The number of fused-ring (bicyclic) bond motifs is 1. The van der Waals surface area contributed by atoms with Gasteiger partial charge in [0.2, 0.25) is 5.91 Å². The molecule has 1 fully saturated rings. The predicted molar refractivity (Wildman–Crippen MR) is 94.6 cm³/mol. The molecule has 1 N–H and O–H groups in total. The molecule has 0 aliphatic carbocycles. The Hall–Kier alpha value is -2.07. The van der Waals surface area contributed by atoms with Crippen LogP contribution in [-0.2, 0) is 11.2 Å². The summed E-state index contributed by atoms with van der Waals surface area (Å²) in [6.45, 7) is 0.898. The quantitative estimate of drug-likeness (QED) is 0.752. The number of aryl methyl sites for hydroxylation is 1. The van der Waals surface area contributed by atoms with E-state index in [1.54, 1.807) is 11.3 Å². The number of nitrogens with zero attached hydrogens (tertiary/aromatic N) is 1. The zero-order valence-corrected chi connectivity index (χ0v) is 13.8. The number of benzene rings is 1. The number of aromatic nitrogens is 1. The molecule has 0 radical (unpaired) electrons. The van der Waals surface area contributed by atoms with Gasteiger partial charge in [0.15, 0.2) is 0 Å². The van der Waals surface area contributed by atoms with Crippen LogP contribution < -0.4 is 0 Å². The first-order chi connectivity index (χ1) is 11.3. The fourth-order valence-electron chi connectivity index (χ4n) is 3.57. The third kappa shape index (κ3) is 2.79. The van der Waals surface area contributed by atoms with Crippen molar-refractivity contribution in [2.75, 3.05) is 6.54 Å². The Balaban J connectivity index is 1.45. The Morgan fingerprint density at radius 1 is 1.26 bits per heavy atom. The van der Waals surface area contributed by atoms with Gasteiger partial charge in [0.25, 0.3) is 0 Å². The summed E-state index contributed by atoms with van der Waals surface area (Å²) < 4.78 is 0. The van der Waals surface area contributed by atoms with Crippen molar-refractivity contribution in [1.82, 2.24) is 9.88 Å². The topological polar surface area (TPSA) is 36.1 Å². The van der Waals surface area contributed by atoms with Gasteiger partial charge in [-0.15, -0.1) is 11.3 Å². The number of carbonyl (C=O) groups excluding carboxylic acids is 1. The second-order valence-corrected chi connectivity index (χ2v) is 7.10. The van der Waals surface area contributed by atoms with E-state index in [1.165, 1.54) is 15.8 Å². The third-order valence-corrected chi connectivity index (χ3v) is 5.70. The second-order valence-electron chi connectivity index (χ2n) is 6.12. The third-order valence-electron chi connectivity index (χ3n) is 4.73.